The Bertz CT molecular complexity index is 409. The normalized spacial score (nSPS) is 10.9. The van der Waals surface area contributed by atoms with Crippen LogP contribution in [0.2, 0.25) is 0 Å². The van der Waals surface area contributed by atoms with Crippen LogP contribution in [-0.2, 0) is 20.0 Å². The molecule has 2 heterocycles. The van der Waals surface area contributed by atoms with Gasteiger partial charge in [-0.2, -0.15) is 5.10 Å². The summed E-state index contributed by atoms with van der Waals surface area (Å²) in [4.78, 5) is 4.17. The highest BCUT2D eigenvalue weighted by molar-refractivity contribution is 9.11. The molecule has 0 amide bonds. The number of aryl methyl sites for hydroxylation is 1. The van der Waals surface area contributed by atoms with Crippen LogP contribution in [0.15, 0.2) is 21.6 Å². The maximum Gasteiger partial charge on any atom is 0.151 e. The summed E-state index contributed by atoms with van der Waals surface area (Å²) in [6, 6.07) is 2.14. The summed E-state index contributed by atoms with van der Waals surface area (Å²) in [6.07, 6.45) is 2.59. The molecule has 0 saturated heterocycles. The van der Waals surface area contributed by atoms with Gasteiger partial charge in [0.15, 0.2) is 5.82 Å². The second-order valence-corrected chi connectivity index (χ2v) is 5.81. The number of hydrogen-bond acceptors (Lipinski definition) is 4. The zero-order chi connectivity index (χ0) is 11.4. The van der Waals surface area contributed by atoms with Crippen molar-refractivity contribution in [3.8, 4) is 0 Å². The predicted octanol–water partition coefficient (Wildman–Crippen LogP) is 1.97. The molecule has 0 aliphatic heterocycles. The average molecular weight is 301 g/mol. The minimum absolute atomic E-state index is 0.867. The topological polar surface area (TPSA) is 42.7 Å². The first-order valence-corrected chi connectivity index (χ1v) is 6.69. The third-order valence-electron chi connectivity index (χ3n) is 2.12. The smallest absolute Gasteiger partial charge is 0.151 e. The van der Waals surface area contributed by atoms with Crippen molar-refractivity contribution in [3.63, 3.8) is 0 Å². The number of rotatable bonds is 5. The first-order chi connectivity index (χ1) is 7.74. The van der Waals surface area contributed by atoms with Crippen LogP contribution in [0.5, 0.6) is 0 Å². The van der Waals surface area contributed by atoms with Crippen molar-refractivity contribution >= 4 is 27.3 Å². The fraction of sp³-hybridized carbons (Fsp3) is 0.400. The second-order valence-electron chi connectivity index (χ2n) is 3.52. The molecule has 4 nitrogen and oxygen atoms in total. The molecule has 2 aromatic rings. The van der Waals surface area contributed by atoms with Crippen LogP contribution in [0.25, 0.3) is 0 Å². The quantitative estimate of drug-likeness (QED) is 0.859. The zero-order valence-corrected chi connectivity index (χ0v) is 11.4. The molecular formula is C10H13BrN4S. The molecule has 0 bridgehead atoms. The highest BCUT2D eigenvalue weighted by Crippen LogP contribution is 2.20. The molecule has 6 heteroatoms. The highest BCUT2D eigenvalue weighted by atomic mass is 79.9. The molecule has 0 aromatic carbocycles. The number of halogens is 1. The maximum atomic E-state index is 4.22. The number of aromatic nitrogens is 3. The van der Waals surface area contributed by atoms with Gasteiger partial charge >= 0.3 is 0 Å². The molecular weight excluding hydrogens is 288 g/mol. The van der Waals surface area contributed by atoms with Crippen LogP contribution in [0, 0.1) is 0 Å². The Labute approximate surface area is 107 Å². The monoisotopic (exact) mass is 300 g/mol. The van der Waals surface area contributed by atoms with Gasteiger partial charge in [-0.15, -0.1) is 11.3 Å². The lowest BCUT2D eigenvalue weighted by atomic mass is 10.3. The van der Waals surface area contributed by atoms with E-state index in [2.05, 4.69) is 42.8 Å². The lowest BCUT2D eigenvalue weighted by Crippen LogP contribution is -2.16. The minimum Gasteiger partial charge on any atom is -0.312 e. The number of nitrogens with one attached hydrogen (secondary N) is 1. The van der Waals surface area contributed by atoms with Crippen LogP contribution in [0.4, 0.5) is 0 Å². The van der Waals surface area contributed by atoms with E-state index in [0.717, 1.165) is 25.3 Å². The fourth-order valence-corrected chi connectivity index (χ4v) is 2.58. The van der Waals surface area contributed by atoms with Gasteiger partial charge < -0.3 is 5.32 Å². The molecule has 0 saturated carbocycles. The molecule has 0 aliphatic carbocycles. The van der Waals surface area contributed by atoms with Gasteiger partial charge in [0.25, 0.3) is 0 Å². The first kappa shape index (κ1) is 11.8. The van der Waals surface area contributed by atoms with E-state index >= 15 is 0 Å². The summed E-state index contributed by atoms with van der Waals surface area (Å²) in [5, 5.41) is 9.74. The predicted molar refractivity (Wildman–Crippen MR) is 68.4 cm³/mol. The van der Waals surface area contributed by atoms with Crippen LogP contribution in [0.1, 0.15) is 11.4 Å². The summed E-state index contributed by atoms with van der Waals surface area (Å²) in [5.41, 5.74) is 1.31. The summed E-state index contributed by atoms with van der Waals surface area (Å²) in [7, 11) is 1.88. The van der Waals surface area contributed by atoms with E-state index in [-0.39, 0.29) is 0 Å². The van der Waals surface area contributed by atoms with Crippen LogP contribution in [0.3, 0.4) is 0 Å². The molecule has 0 spiro atoms. The first-order valence-electron chi connectivity index (χ1n) is 5.02. The standard InChI is InChI=1S/C10H13BrN4S/c1-15-7-13-10(14-15)2-3-12-5-8-4-9(11)16-6-8/h4,6-7,12H,2-3,5H2,1H3. The molecule has 0 atom stereocenters. The maximum absolute atomic E-state index is 4.22. The molecule has 1 N–H and O–H groups in total. The van der Waals surface area contributed by atoms with Crippen molar-refractivity contribution in [2.45, 2.75) is 13.0 Å². The number of hydrogen-bond donors (Lipinski definition) is 1. The van der Waals surface area contributed by atoms with E-state index < -0.39 is 0 Å². The Balaban J connectivity index is 1.69. The van der Waals surface area contributed by atoms with Crippen molar-refractivity contribution in [3.05, 3.63) is 32.9 Å². The molecule has 0 aliphatic rings. The fourth-order valence-electron chi connectivity index (χ4n) is 1.37. The Hall–Kier alpha value is -0.720. The molecule has 0 fully saturated rings. The molecule has 0 unspecified atom stereocenters. The third-order valence-corrected chi connectivity index (χ3v) is 3.68. The van der Waals surface area contributed by atoms with E-state index in [0.29, 0.717) is 0 Å². The van der Waals surface area contributed by atoms with Crippen LogP contribution >= 0.6 is 27.3 Å². The van der Waals surface area contributed by atoms with Crippen molar-refractivity contribution < 1.29 is 0 Å². The van der Waals surface area contributed by atoms with E-state index in [1.165, 1.54) is 9.35 Å². The van der Waals surface area contributed by atoms with E-state index in [1.54, 1.807) is 22.3 Å². The minimum atomic E-state index is 0.867. The second kappa shape index (κ2) is 5.56. The van der Waals surface area contributed by atoms with Crippen molar-refractivity contribution in [2.24, 2.45) is 7.05 Å². The van der Waals surface area contributed by atoms with Crippen LogP contribution in [-0.4, -0.2) is 21.3 Å². The molecule has 16 heavy (non-hydrogen) atoms. The van der Waals surface area contributed by atoms with Gasteiger partial charge in [-0.3, -0.25) is 4.68 Å². The molecule has 2 aromatic heterocycles. The zero-order valence-electron chi connectivity index (χ0n) is 8.98. The molecule has 2 rings (SSSR count). The van der Waals surface area contributed by atoms with E-state index in [4.69, 9.17) is 0 Å². The largest absolute Gasteiger partial charge is 0.312 e. The summed E-state index contributed by atoms with van der Waals surface area (Å²) in [6.45, 7) is 1.80. The third kappa shape index (κ3) is 3.40. The van der Waals surface area contributed by atoms with E-state index in [1.807, 2.05) is 7.05 Å². The lowest BCUT2D eigenvalue weighted by Gasteiger charge is -2.00. The van der Waals surface area contributed by atoms with Gasteiger partial charge in [0, 0.05) is 26.6 Å². The van der Waals surface area contributed by atoms with Crippen molar-refractivity contribution in [2.75, 3.05) is 6.54 Å². The SMILES string of the molecule is Cn1cnc(CCNCc2csc(Br)c2)n1. The average Bonchev–Trinajstić information content (AvgIpc) is 2.83. The molecule has 86 valence electrons. The molecule has 0 radical (unpaired) electrons. The van der Waals surface area contributed by atoms with Crippen LogP contribution < -0.4 is 5.32 Å². The van der Waals surface area contributed by atoms with Gasteiger partial charge in [0.2, 0.25) is 0 Å². The number of thiophene rings is 1. The van der Waals surface area contributed by atoms with Gasteiger partial charge in [0.05, 0.1) is 3.79 Å². The lowest BCUT2D eigenvalue weighted by molar-refractivity contribution is 0.662. The van der Waals surface area contributed by atoms with Gasteiger partial charge in [0.1, 0.15) is 6.33 Å². The van der Waals surface area contributed by atoms with Crippen molar-refractivity contribution in [1.29, 1.82) is 0 Å². The Morgan fingerprint density at radius 1 is 1.56 bits per heavy atom. The van der Waals surface area contributed by atoms with Crippen molar-refractivity contribution in [1.82, 2.24) is 20.1 Å². The summed E-state index contributed by atoms with van der Waals surface area (Å²) in [5.74, 6) is 0.890. The van der Waals surface area contributed by atoms with Gasteiger partial charge in [-0.1, -0.05) is 0 Å². The van der Waals surface area contributed by atoms with Gasteiger partial charge in [-0.25, -0.2) is 4.98 Å². The Kier molecular flexibility index (Phi) is 4.09. The Morgan fingerprint density at radius 3 is 3.06 bits per heavy atom. The van der Waals surface area contributed by atoms with Gasteiger partial charge in [-0.05, 0) is 32.9 Å². The number of nitrogens with zero attached hydrogens (tertiary/aromatic N) is 3. The summed E-state index contributed by atoms with van der Waals surface area (Å²) < 4.78 is 2.90. The highest BCUT2D eigenvalue weighted by Gasteiger charge is 1.99. The summed E-state index contributed by atoms with van der Waals surface area (Å²) >= 11 is 5.16. The Morgan fingerprint density at radius 2 is 2.44 bits per heavy atom. The van der Waals surface area contributed by atoms with E-state index in [9.17, 15) is 0 Å².